The number of fused-ring (bicyclic) bond motifs is 1. The molecule has 0 saturated heterocycles. The molecule has 1 aliphatic heterocycles. The van der Waals surface area contributed by atoms with Crippen molar-refractivity contribution in [1.82, 2.24) is 25.1 Å². The summed E-state index contributed by atoms with van der Waals surface area (Å²) in [5.74, 6) is 0.286. The van der Waals surface area contributed by atoms with Gasteiger partial charge in [-0.05, 0) is 25.1 Å². The smallest absolute Gasteiger partial charge is 0.306 e. The first kappa shape index (κ1) is 18.4. The highest BCUT2D eigenvalue weighted by molar-refractivity contribution is 5.56. The van der Waals surface area contributed by atoms with E-state index in [0.717, 1.165) is 30.1 Å². The Morgan fingerprint density at radius 1 is 1.21 bits per heavy atom. The van der Waals surface area contributed by atoms with Gasteiger partial charge in [0.1, 0.15) is 5.82 Å². The molecule has 0 fully saturated rings. The van der Waals surface area contributed by atoms with E-state index in [-0.39, 0.29) is 11.4 Å². The van der Waals surface area contributed by atoms with Gasteiger partial charge in [-0.15, -0.1) is 0 Å². The minimum absolute atomic E-state index is 0.261. The van der Waals surface area contributed by atoms with E-state index in [4.69, 9.17) is 0 Å². The van der Waals surface area contributed by atoms with Crippen molar-refractivity contribution in [2.45, 2.75) is 32.6 Å². The highest BCUT2D eigenvalue weighted by Crippen LogP contribution is 2.30. The lowest BCUT2D eigenvalue weighted by Crippen LogP contribution is -2.35. The highest BCUT2D eigenvalue weighted by atomic mass is 19.4. The van der Waals surface area contributed by atoms with Gasteiger partial charge in [0.05, 0.1) is 22.5 Å². The van der Waals surface area contributed by atoms with Crippen LogP contribution in [0.15, 0.2) is 35.1 Å². The van der Waals surface area contributed by atoms with Gasteiger partial charge in [-0.1, -0.05) is 12.1 Å². The molecule has 1 aliphatic rings. The van der Waals surface area contributed by atoms with Gasteiger partial charge in [-0.2, -0.15) is 18.3 Å². The Labute approximate surface area is 158 Å². The van der Waals surface area contributed by atoms with Crippen LogP contribution in [0, 0.1) is 6.92 Å². The molecule has 0 amide bonds. The lowest BCUT2D eigenvalue weighted by molar-refractivity contribution is -0.137. The predicted molar refractivity (Wildman–Crippen MR) is 96.4 cm³/mol. The summed E-state index contributed by atoms with van der Waals surface area (Å²) in [5.41, 5.74) is 2.62. The van der Waals surface area contributed by atoms with Gasteiger partial charge in [0.25, 0.3) is 5.56 Å². The average Bonchev–Trinajstić information content (AvgIpc) is 3.06. The van der Waals surface area contributed by atoms with Crippen molar-refractivity contribution >= 4 is 0 Å². The highest BCUT2D eigenvalue weighted by Gasteiger charge is 2.30. The van der Waals surface area contributed by atoms with E-state index in [1.807, 2.05) is 13.0 Å². The summed E-state index contributed by atoms with van der Waals surface area (Å²) < 4.78 is 38.2. The molecule has 0 atom stereocenters. The van der Waals surface area contributed by atoms with E-state index in [0.29, 0.717) is 36.3 Å². The quantitative estimate of drug-likeness (QED) is 0.722. The third-order valence-corrected chi connectivity index (χ3v) is 4.78. The van der Waals surface area contributed by atoms with Crippen LogP contribution in [0.2, 0.25) is 0 Å². The van der Waals surface area contributed by atoms with Crippen molar-refractivity contribution in [3.8, 4) is 11.4 Å². The molecule has 146 valence electrons. The number of aromatic nitrogens is 4. The third-order valence-electron chi connectivity index (χ3n) is 4.78. The second-order valence-electron chi connectivity index (χ2n) is 6.92. The van der Waals surface area contributed by atoms with Crippen molar-refractivity contribution in [3.05, 3.63) is 68.9 Å². The van der Waals surface area contributed by atoms with Crippen molar-refractivity contribution in [2.24, 2.45) is 0 Å². The maximum Gasteiger partial charge on any atom is 0.416 e. The fraction of sp³-hybridized carbons (Fsp3) is 0.316. The van der Waals surface area contributed by atoms with Gasteiger partial charge in [0, 0.05) is 37.3 Å². The topological polar surface area (TPSA) is 77.7 Å². The fourth-order valence-electron chi connectivity index (χ4n) is 3.35. The third kappa shape index (κ3) is 3.70. The molecule has 28 heavy (non-hydrogen) atoms. The molecule has 0 radical (unpaired) electrons. The first-order valence-electron chi connectivity index (χ1n) is 8.82. The molecular formula is C19H18F3N5O. The van der Waals surface area contributed by atoms with Gasteiger partial charge in [0.15, 0.2) is 0 Å². The average molecular weight is 389 g/mol. The largest absolute Gasteiger partial charge is 0.416 e. The zero-order valence-corrected chi connectivity index (χ0v) is 15.1. The van der Waals surface area contributed by atoms with E-state index in [2.05, 4.69) is 25.1 Å². The van der Waals surface area contributed by atoms with Gasteiger partial charge in [-0.25, -0.2) is 4.98 Å². The van der Waals surface area contributed by atoms with E-state index in [9.17, 15) is 18.0 Å². The second-order valence-corrected chi connectivity index (χ2v) is 6.92. The summed E-state index contributed by atoms with van der Waals surface area (Å²) in [7, 11) is 0. The first-order valence-corrected chi connectivity index (χ1v) is 8.82. The van der Waals surface area contributed by atoms with Crippen LogP contribution in [0.3, 0.4) is 0 Å². The minimum atomic E-state index is -4.40. The maximum absolute atomic E-state index is 12.7. The van der Waals surface area contributed by atoms with Crippen LogP contribution in [0.5, 0.6) is 0 Å². The number of aryl methyl sites for hydroxylation is 1. The number of alkyl halides is 3. The molecule has 4 rings (SSSR count). The number of halogens is 3. The Morgan fingerprint density at radius 2 is 1.96 bits per heavy atom. The summed E-state index contributed by atoms with van der Waals surface area (Å²) >= 11 is 0. The van der Waals surface area contributed by atoms with Crippen LogP contribution in [-0.2, 0) is 25.7 Å². The Bertz CT molecular complexity index is 1050. The van der Waals surface area contributed by atoms with Crippen molar-refractivity contribution in [2.75, 3.05) is 6.54 Å². The number of nitrogens with one attached hydrogen (secondary N) is 2. The summed E-state index contributed by atoms with van der Waals surface area (Å²) in [5, 5.41) is 7.12. The monoisotopic (exact) mass is 389 g/mol. The van der Waals surface area contributed by atoms with Gasteiger partial charge < -0.3 is 4.98 Å². The molecule has 3 heterocycles. The predicted octanol–water partition coefficient (Wildman–Crippen LogP) is 3.05. The minimum Gasteiger partial charge on any atom is -0.306 e. The summed E-state index contributed by atoms with van der Waals surface area (Å²) in [6.45, 7) is 3.74. The number of aromatic amines is 2. The second kappa shape index (κ2) is 6.90. The molecule has 0 unspecified atom stereocenters. The van der Waals surface area contributed by atoms with Crippen LogP contribution < -0.4 is 5.56 Å². The Hall–Kier alpha value is -2.94. The Kier molecular flexibility index (Phi) is 4.54. The van der Waals surface area contributed by atoms with E-state index in [1.165, 1.54) is 12.1 Å². The van der Waals surface area contributed by atoms with E-state index >= 15 is 0 Å². The molecule has 0 spiro atoms. The van der Waals surface area contributed by atoms with E-state index < -0.39 is 11.7 Å². The molecule has 3 aromatic rings. The van der Waals surface area contributed by atoms with Crippen LogP contribution in [0.4, 0.5) is 13.2 Å². The standard InChI is InChI=1S/C19H18F3N5O/c1-11-8-14(26-25-11)9-27-7-6-16-15(10-27)18(28)24-17(23-16)12-2-4-13(5-3-12)19(20,21)22/h2-5,8H,6-7,9-10H2,1H3,(H,25,26)(H,23,24,28). The molecule has 0 saturated carbocycles. The van der Waals surface area contributed by atoms with Gasteiger partial charge in [0.2, 0.25) is 0 Å². The molecule has 0 aliphatic carbocycles. The van der Waals surface area contributed by atoms with Crippen LogP contribution in [-0.4, -0.2) is 31.6 Å². The molecule has 9 heteroatoms. The molecule has 2 N–H and O–H groups in total. The maximum atomic E-state index is 12.7. The lowest BCUT2D eigenvalue weighted by Gasteiger charge is -2.27. The summed E-state index contributed by atoms with van der Waals surface area (Å²) in [4.78, 5) is 21.9. The number of hydrogen-bond donors (Lipinski definition) is 2. The van der Waals surface area contributed by atoms with Crippen LogP contribution in [0.25, 0.3) is 11.4 Å². The first-order chi connectivity index (χ1) is 13.3. The van der Waals surface area contributed by atoms with Crippen molar-refractivity contribution in [3.63, 3.8) is 0 Å². The fourth-order valence-corrected chi connectivity index (χ4v) is 3.35. The normalized spacial score (nSPS) is 14.9. The Balaban J connectivity index is 1.56. The molecule has 6 nitrogen and oxygen atoms in total. The molecular weight excluding hydrogens is 371 g/mol. The van der Waals surface area contributed by atoms with Gasteiger partial charge >= 0.3 is 6.18 Å². The Morgan fingerprint density at radius 3 is 2.61 bits per heavy atom. The zero-order valence-electron chi connectivity index (χ0n) is 15.1. The summed E-state index contributed by atoms with van der Waals surface area (Å²) in [6.07, 6.45) is -3.80. The number of benzene rings is 1. The van der Waals surface area contributed by atoms with Crippen LogP contribution >= 0.6 is 0 Å². The number of rotatable bonds is 3. The molecule has 0 bridgehead atoms. The lowest BCUT2D eigenvalue weighted by atomic mass is 10.1. The number of H-pyrrole nitrogens is 2. The number of nitrogens with zero attached hydrogens (tertiary/aromatic N) is 3. The van der Waals surface area contributed by atoms with Gasteiger partial charge in [-0.3, -0.25) is 14.8 Å². The van der Waals surface area contributed by atoms with Crippen molar-refractivity contribution in [1.29, 1.82) is 0 Å². The summed E-state index contributed by atoms with van der Waals surface area (Å²) in [6, 6.07) is 6.58. The number of hydrogen-bond acceptors (Lipinski definition) is 4. The SMILES string of the molecule is Cc1cc(CN2CCc3nc(-c4ccc(C(F)(F)F)cc4)[nH]c(=O)c3C2)n[nH]1. The molecule has 1 aromatic carbocycles. The van der Waals surface area contributed by atoms with E-state index in [1.54, 1.807) is 0 Å². The van der Waals surface area contributed by atoms with Crippen molar-refractivity contribution < 1.29 is 13.2 Å². The zero-order chi connectivity index (χ0) is 19.9. The van der Waals surface area contributed by atoms with Crippen LogP contribution in [0.1, 0.15) is 28.2 Å². The molecule has 2 aromatic heterocycles.